The van der Waals surface area contributed by atoms with Crippen molar-refractivity contribution in [2.45, 2.75) is 19.9 Å². The Morgan fingerprint density at radius 2 is 2.17 bits per heavy atom. The molecule has 0 unspecified atom stereocenters. The SMILES string of the molecule is CCOC(=O)C1=C(C)N=c2s/c(=C\c3cccc(Br)c3)c(=O)n2[C@@H]1c1cccs1. The average Bonchev–Trinajstić information content (AvgIpc) is 3.30. The van der Waals surface area contributed by atoms with E-state index in [1.165, 1.54) is 22.7 Å². The van der Waals surface area contributed by atoms with Crippen molar-refractivity contribution < 1.29 is 9.53 Å². The lowest BCUT2D eigenvalue weighted by atomic mass is 10.0. The topological polar surface area (TPSA) is 60.7 Å². The van der Waals surface area contributed by atoms with E-state index >= 15 is 0 Å². The van der Waals surface area contributed by atoms with Gasteiger partial charge in [-0.05, 0) is 49.1 Å². The molecule has 0 N–H and O–H groups in total. The fourth-order valence-electron chi connectivity index (χ4n) is 3.26. The summed E-state index contributed by atoms with van der Waals surface area (Å²) in [6.45, 7) is 3.82. The Balaban J connectivity index is 1.94. The zero-order valence-corrected chi connectivity index (χ0v) is 18.9. The average molecular weight is 489 g/mol. The van der Waals surface area contributed by atoms with Gasteiger partial charge in [-0.25, -0.2) is 9.79 Å². The monoisotopic (exact) mass is 488 g/mol. The number of hydrogen-bond donors (Lipinski definition) is 0. The third kappa shape index (κ3) is 3.80. The van der Waals surface area contributed by atoms with Gasteiger partial charge in [-0.2, -0.15) is 0 Å². The van der Waals surface area contributed by atoms with Crippen molar-refractivity contribution in [2.24, 2.45) is 4.99 Å². The number of ether oxygens (including phenoxy) is 1. The number of esters is 1. The van der Waals surface area contributed by atoms with Crippen LogP contribution in [0.15, 0.2) is 67.3 Å². The number of halogens is 1. The minimum atomic E-state index is -0.532. The maximum atomic E-state index is 13.3. The van der Waals surface area contributed by atoms with E-state index in [9.17, 15) is 9.59 Å². The molecular weight excluding hydrogens is 472 g/mol. The standard InChI is InChI=1S/C21H17BrN2O3S2/c1-3-27-20(26)17-12(2)23-21-24(18(17)15-8-5-9-28-15)19(25)16(29-21)11-13-6-4-7-14(22)10-13/h4-11,18H,3H2,1-2H3/b16-11-/t18-/m1/s1. The summed E-state index contributed by atoms with van der Waals surface area (Å²) in [4.78, 5) is 32.1. The predicted octanol–water partition coefficient (Wildman–Crippen LogP) is 3.62. The van der Waals surface area contributed by atoms with Gasteiger partial charge in [0.05, 0.1) is 22.4 Å². The Morgan fingerprint density at radius 1 is 1.34 bits per heavy atom. The van der Waals surface area contributed by atoms with Crippen LogP contribution in [-0.4, -0.2) is 17.1 Å². The first-order valence-corrected chi connectivity index (χ1v) is 11.5. The molecule has 1 aliphatic heterocycles. The molecule has 0 spiro atoms. The summed E-state index contributed by atoms with van der Waals surface area (Å²) >= 11 is 6.29. The number of nitrogens with zero attached hydrogens (tertiary/aromatic N) is 2. The molecule has 0 fully saturated rings. The van der Waals surface area contributed by atoms with Crippen molar-refractivity contribution >= 4 is 50.6 Å². The number of thiazole rings is 1. The smallest absolute Gasteiger partial charge is 0.338 e. The Hall–Kier alpha value is -2.29. The lowest BCUT2D eigenvalue weighted by Crippen LogP contribution is -2.39. The molecule has 3 aromatic rings. The lowest BCUT2D eigenvalue weighted by Gasteiger charge is -2.23. The number of rotatable bonds is 4. The molecule has 1 aromatic carbocycles. The lowest BCUT2D eigenvalue weighted by molar-refractivity contribution is -0.139. The summed E-state index contributed by atoms with van der Waals surface area (Å²) in [5.74, 6) is -0.437. The summed E-state index contributed by atoms with van der Waals surface area (Å²) in [5.41, 5.74) is 1.74. The molecule has 0 radical (unpaired) electrons. The molecule has 1 aliphatic rings. The number of allylic oxidation sites excluding steroid dienone is 1. The van der Waals surface area contributed by atoms with E-state index in [-0.39, 0.29) is 12.2 Å². The maximum Gasteiger partial charge on any atom is 0.338 e. The first-order chi connectivity index (χ1) is 14.0. The quantitative estimate of drug-likeness (QED) is 0.526. The zero-order valence-electron chi connectivity index (χ0n) is 15.7. The van der Waals surface area contributed by atoms with E-state index in [2.05, 4.69) is 20.9 Å². The minimum Gasteiger partial charge on any atom is -0.463 e. The van der Waals surface area contributed by atoms with Crippen LogP contribution < -0.4 is 14.9 Å². The van der Waals surface area contributed by atoms with Crippen LogP contribution in [0.25, 0.3) is 6.08 Å². The fraction of sp³-hybridized carbons (Fsp3) is 0.190. The van der Waals surface area contributed by atoms with Crippen molar-refractivity contribution in [3.8, 4) is 0 Å². The number of hydrogen-bond acceptors (Lipinski definition) is 6. The summed E-state index contributed by atoms with van der Waals surface area (Å²) < 4.78 is 8.40. The molecule has 0 amide bonds. The van der Waals surface area contributed by atoms with Crippen molar-refractivity contribution in [1.29, 1.82) is 0 Å². The van der Waals surface area contributed by atoms with Crippen LogP contribution in [-0.2, 0) is 9.53 Å². The van der Waals surface area contributed by atoms with Crippen molar-refractivity contribution in [1.82, 2.24) is 4.57 Å². The molecule has 2 aromatic heterocycles. The van der Waals surface area contributed by atoms with Gasteiger partial charge in [0.1, 0.15) is 6.04 Å². The molecule has 1 atom stereocenters. The molecule has 8 heteroatoms. The van der Waals surface area contributed by atoms with Crippen LogP contribution in [0.5, 0.6) is 0 Å². The highest BCUT2D eigenvalue weighted by Gasteiger charge is 2.33. The number of benzene rings is 1. The Kier molecular flexibility index (Phi) is 5.67. The van der Waals surface area contributed by atoms with Crippen LogP contribution in [0.1, 0.15) is 30.3 Å². The van der Waals surface area contributed by atoms with Crippen LogP contribution >= 0.6 is 38.6 Å². The normalized spacial score (nSPS) is 16.5. The summed E-state index contributed by atoms with van der Waals surface area (Å²) in [6, 6.07) is 11.1. The number of fused-ring (bicyclic) bond motifs is 1. The molecule has 0 aliphatic carbocycles. The summed E-state index contributed by atoms with van der Waals surface area (Å²) in [5, 5.41) is 1.94. The molecule has 29 heavy (non-hydrogen) atoms. The van der Waals surface area contributed by atoms with Crippen LogP contribution in [0.2, 0.25) is 0 Å². The molecule has 5 nitrogen and oxygen atoms in total. The largest absolute Gasteiger partial charge is 0.463 e. The van der Waals surface area contributed by atoms with E-state index in [4.69, 9.17) is 4.74 Å². The molecule has 0 saturated carbocycles. The summed E-state index contributed by atoms with van der Waals surface area (Å²) in [7, 11) is 0. The molecule has 3 heterocycles. The summed E-state index contributed by atoms with van der Waals surface area (Å²) in [6.07, 6.45) is 1.85. The highest BCUT2D eigenvalue weighted by Crippen LogP contribution is 2.33. The van der Waals surface area contributed by atoms with Gasteiger partial charge in [-0.3, -0.25) is 9.36 Å². The van der Waals surface area contributed by atoms with E-state index in [0.29, 0.717) is 20.6 Å². The molecular formula is C21H17BrN2O3S2. The van der Waals surface area contributed by atoms with Gasteiger partial charge in [0.15, 0.2) is 4.80 Å². The minimum absolute atomic E-state index is 0.165. The first kappa shape index (κ1) is 20.0. The van der Waals surface area contributed by atoms with Gasteiger partial charge < -0.3 is 4.74 Å². The first-order valence-electron chi connectivity index (χ1n) is 8.98. The number of carbonyl (C=O) groups excluding carboxylic acids is 1. The second-order valence-electron chi connectivity index (χ2n) is 6.37. The highest BCUT2D eigenvalue weighted by molar-refractivity contribution is 9.10. The second kappa shape index (κ2) is 8.22. The van der Waals surface area contributed by atoms with Gasteiger partial charge >= 0.3 is 5.97 Å². The fourth-order valence-corrected chi connectivity index (χ4v) is 5.54. The zero-order chi connectivity index (χ0) is 20.5. The molecule has 0 saturated heterocycles. The van der Waals surface area contributed by atoms with Crippen molar-refractivity contribution in [3.05, 3.63) is 87.6 Å². The third-order valence-electron chi connectivity index (χ3n) is 4.48. The number of carbonyl (C=O) groups is 1. The number of aromatic nitrogens is 1. The van der Waals surface area contributed by atoms with Gasteiger partial charge in [0.2, 0.25) is 0 Å². The molecule has 0 bridgehead atoms. The molecule has 148 valence electrons. The number of thiophene rings is 1. The predicted molar refractivity (Wildman–Crippen MR) is 119 cm³/mol. The van der Waals surface area contributed by atoms with Crippen molar-refractivity contribution in [3.63, 3.8) is 0 Å². The van der Waals surface area contributed by atoms with Crippen molar-refractivity contribution in [2.75, 3.05) is 6.61 Å². The van der Waals surface area contributed by atoms with Crippen LogP contribution in [0, 0.1) is 0 Å². The van der Waals surface area contributed by atoms with Gasteiger partial charge in [0.25, 0.3) is 5.56 Å². The van der Waals surface area contributed by atoms with E-state index in [1.54, 1.807) is 18.4 Å². The van der Waals surface area contributed by atoms with E-state index in [1.807, 2.05) is 47.9 Å². The third-order valence-corrected chi connectivity index (χ3v) is 6.88. The second-order valence-corrected chi connectivity index (χ2v) is 9.28. The Morgan fingerprint density at radius 3 is 2.86 bits per heavy atom. The highest BCUT2D eigenvalue weighted by atomic mass is 79.9. The van der Waals surface area contributed by atoms with E-state index < -0.39 is 12.0 Å². The molecule has 4 rings (SSSR count). The van der Waals surface area contributed by atoms with Gasteiger partial charge in [-0.1, -0.05) is 45.5 Å². The van der Waals surface area contributed by atoms with E-state index in [0.717, 1.165) is 14.9 Å². The Bertz CT molecular complexity index is 1290. The van der Waals surface area contributed by atoms with Gasteiger partial charge in [0, 0.05) is 9.35 Å². The van der Waals surface area contributed by atoms with Crippen LogP contribution in [0.3, 0.4) is 0 Å². The maximum absolute atomic E-state index is 13.3. The van der Waals surface area contributed by atoms with Crippen LogP contribution in [0.4, 0.5) is 0 Å². The Labute approximate surface area is 183 Å². The van der Waals surface area contributed by atoms with Gasteiger partial charge in [-0.15, -0.1) is 11.3 Å².